The Bertz CT molecular complexity index is 401. The van der Waals surface area contributed by atoms with Crippen molar-refractivity contribution >= 4 is 11.7 Å². The van der Waals surface area contributed by atoms with Gasteiger partial charge in [0, 0.05) is 12.3 Å². The molecular formula is C16H25NO3. The van der Waals surface area contributed by atoms with Gasteiger partial charge in [-0.05, 0) is 29.5 Å². The Balaban J connectivity index is 2.23. The second-order valence-corrected chi connectivity index (χ2v) is 5.46. The van der Waals surface area contributed by atoms with Gasteiger partial charge in [-0.3, -0.25) is 4.79 Å². The van der Waals surface area contributed by atoms with Gasteiger partial charge in [0.2, 0.25) is 0 Å². The summed E-state index contributed by atoms with van der Waals surface area (Å²) < 4.78 is 10.5. The molecule has 1 unspecified atom stereocenters. The molecular weight excluding hydrogens is 254 g/mol. The number of nitrogens with two attached hydrogens (primary N) is 1. The van der Waals surface area contributed by atoms with Gasteiger partial charge < -0.3 is 15.2 Å². The Morgan fingerprint density at radius 2 is 1.80 bits per heavy atom. The summed E-state index contributed by atoms with van der Waals surface area (Å²) in [5, 5.41) is 0. The fourth-order valence-electron chi connectivity index (χ4n) is 1.78. The molecule has 1 atom stereocenters. The van der Waals surface area contributed by atoms with Crippen molar-refractivity contribution in [1.82, 2.24) is 0 Å². The molecule has 1 aromatic rings. The molecule has 0 aromatic heterocycles. The van der Waals surface area contributed by atoms with Crippen molar-refractivity contribution in [2.75, 3.05) is 25.6 Å². The minimum Gasteiger partial charge on any atom is -0.463 e. The lowest BCUT2D eigenvalue weighted by atomic mass is 9.98. The van der Waals surface area contributed by atoms with Crippen LogP contribution in [-0.4, -0.2) is 25.8 Å². The Morgan fingerprint density at radius 1 is 1.15 bits per heavy atom. The van der Waals surface area contributed by atoms with Gasteiger partial charge in [-0.15, -0.1) is 0 Å². The van der Waals surface area contributed by atoms with Gasteiger partial charge in [0.25, 0.3) is 0 Å². The van der Waals surface area contributed by atoms with Crippen molar-refractivity contribution in [3.05, 3.63) is 29.8 Å². The summed E-state index contributed by atoms with van der Waals surface area (Å²) in [5.41, 5.74) is 7.46. The van der Waals surface area contributed by atoms with Crippen LogP contribution in [0, 0.1) is 5.92 Å². The smallest absolute Gasteiger partial charge is 0.306 e. The molecule has 2 N–H and O–H groups in total. The predicted octanol–water partition coefficient (Wildman–Crippen LogP) is 2.98. The number of carbonyl (C=O) groups excluding carboxylic acids is 1. The van der Waals surface area contributed by atoms with E-state index in [1.165, 1.54) is 0 Å². The number of hydrogen-bond donors (Lipinski definition) is 1. The lowest BCUT2D eigenvalue weighted by Gasteiger charge is -2.12. The van der Waals surface area contributed by atoms with Crippen molar-refractivity contribution in [3.8, 4) is 0 Å². The van der Waals surface area contributed by atoms with Gasteiger partial charge in [-0.2, -0.15) is 0 Å². The maximum Gasteiger partial charge on any atom is 0.306 e. The molecule has 0 aliphatic rings. The second-order valence-electron chi connectivity index (χ2n) is 5.46. The highest BCUT2D eigenvalue weighted by molar-refractivity contribution is 5.70. The Labute approximate surface area is 121 Å². The maximum absolute atomic E-state index is 11.7. The van der Waals surface area contributed by atoms with Crippen LogP contribution in [0.4, 0.5) is 5.69 Å². The molecule has 0 saturated carbocycles. The van der Waals surface area contributed by atoms with Crippen LogP contribution in [0.1, 0.15) is 38.7 Å². The molecule has 1 aromatic carbocycles. The van der Waals surface area contributed by atoms with Crippen molar-refractivity contribution in [1.29, 1.82) is 0 Å². The summed E-state index contributed by atoms with van der Waals surface area (Å²) in [6, 6.07) is 7.58. The number of benzene rings is 1. The van der Waals surface area contributed by atoms with Crippen LogP contribution in [0.5, 0.6) is 0 Å². The Morgan fingerprint density at radius 3 is 2.40 bits per heavy atom. The van der Waals surface area contributed by atoms with E-state index in [1.54, 1.807) is 0 Å². The summed E-state index contributed by atoms with van der Waals surface area (Å²) in [6.07, 6.45) is 0.369. The van der Waals surface area contributed by atoms with Gasteiger partial charge in [0.15, 0.2) is 0 Å². The monoisotopic (exact) mass is 279 g/mol. The first-order valence-electron chi connectivity index (χ1n) is 7.08. The third kappa shape index (κ3) is 6.57. The molecule has 1 rings (SSSR count). The normalized spacial score (nSPS) is 12.4. The lowest BCUT2D eigenvalue weighted by Crippen LogP contribution is -2.14. The number of carbonyl (C=O) groups is 1. The molecule has 0 saturated heterocycles. The summed E-state index contributed by atoms with van der Waals surface area (Å²) in [5.74, 6) is 0.429. The molecule has 0 bridgehead atoms. The highest BCUT2D eigenvalue weighted by Crippen LogP contribution is 2.20. The number of nitrogen functional groups attached to an aromatic ring is 1. The molecule has 0 aliphatic carbocycles. The van der Waals surface area contributed by atoms with Crippen LogP contribution in [0.3, 0.4) is 0 Å². The van der Waals surface area contributed by atoms with Crippen molar-refractivity contribution in [2.24, 2.45) is 5.92 Å². The highest BCUT2D eigenvalue weighted by atomic mass is 16.6. The molecule has 0 heterocycles. The Hall–Kier alpha value is -1.55. The fraction of sp³-hybridized carbons (Fsp3) is 0.562. The van der Waals surface area contributed by atoms with E-state index in [1.807, 2.05) is 31.2 Å². The lowest BCUT2D eigenvalue weighted by molar-refractivity contribution is -0.145. The summed E-state index contributed by atoms with van der Waals surface area (Å²) in [7, 11) is 0. The zero-order valence-corrected chi connectivity index (χ0v) is 12.6. The van der Waals surface area contributed by atoms with E-state index in [-0.39, 0.29) is 11.9 Å². The summed E-state index contributed by atoms with van der Waals surface area (Å²) >= 11 is 0. The zero-order chi connectivity index (χ0) is 15.0. The minimum atomic E-state index is -0.192. The van der Waals surface area contributed by atoms with Gasteiger partial charge in [0.1, 0.15) is 6.61 Å². The number of anilines is 1. The molecule has 0 aliphatic heterocycles. The van der Waals surface area contributed by atoms with Crippen LogP contribution < -0.4 is 5.73 Å². The van der Waals surface area contributed by atoms with E-state index in [2.05, 4.69) is 13.8 Å². The van der Waals surface area contributed by atoms with Crippen molar-refractivity contribution < 1.29 is 14.3 Å². The fourth-order valence-corrected chi connectivity index (χ4v) is 1.78. The average molecular weight is 279 g/mol. The number of rotatable bonds is 8. The van der Waals surface area contributed by atoms with Gasteiger partial charge >= 0.3 is 5.97 Å². The van der Waals surface area contributed by atoms with Gasteiger partial charge in [-0.25, -0.2) is 0 Å². The molecule has 0 spiro atoms. The second kappa shape index (κ2) is 8.59. The number of ether oxygens (including phenoxy) is 2. The number of esters is 1. The van der Waals surface area contributed by atoms with Crippen molar-refractivity contribution in [3.63, 3.8) is 0 Å². The molecule has 0 radical (unpaired) electrons. The van der Waals surface area contributed by atoms with E-state index in [4.69, 9.17) is 15.2 Å². The maximum atomic E-state index is 11.7. The quantitative estimate of drug-likeness (QED) is 0.451. The van der Waals surface area contributed by atoms with Gasteiger partial charge in [0.05, 0.1) is 13.0 Å². The SMILES string of the molecule is CC(C)COCCOC(=O)CC(C)c1ccc(N)cc1. The van der Waals surface area contributed by atoms with Crippen molar-refractivity contribution in [2.45, 2.75) is 33.1 Å². The average Bonchev–Trinajstić information content (AvgIpc) is 2.38. The van der Waals surface area contributed by atoms with Crippen LogP contribution in [0.2, 0.25) is 0 Å². The minimum absolute atomic E-state index is 0.125. The first-order valence-corrected chi connectivity index (χ1v) is 7.08. The third-order valence-corrected chi connectivity index (χ3v) is 2.92. The Kier molecular flexibility index (Phi) is 7.09. The summed E-state index contributed by atoms with van der Waals surface area (Å²) in [6.45, 7) is 7.64. The van der Waals surface area contributed by atoms with E-state index >= 15 is 0 Å². The molecule has 0 amide bonds. The molecule has 4 nitrogen and oxygen atoms in total. The largest absolute Gasteiger partial charge is 0.463 e. The topological polar surface area (TPSA) is 61.5 Å². The molecule has 4 heteroatoms. The third-order valence-electron chi connectivity index (χ3n) is 2.92. The predicted molar refractivity (Wildman–Crippen MR) is 80.5 cm³/mol. The first-order chi connectivity index (χ1) is 9.49. The molecule has 20 heavy (non-hydrogen) atoms. The van der Waals surface area contributed by atoms with Crippen LogP contribution in [0.15, 0.2) is 24.3 Å². The van der Waals surface area contributed by atoms with Crippen LogP contribution >= 0.6 is 0 Å². The summed E-state index contributed by atoms with van der Waals surface area (Å²) in [4.78, 5) is 11.7. The first kappa shape index (κ1) is 16.5. The van der Waals surface area contributed by atoms with Crippen LogP contribution in [-0.2, 0) is 14.3 Å². The van der Waals surface area contributed by atoms with Gasteiger partial charge in [-0.1, -0.05) is 32.9 Å². The van der Waals surface area contributed by atoms with Crippen LogP contribution in [0.25, 0.3) is 0 Å². The van der Waals surface area contributed by atoms with E-state index < -0.39 is 0 Å². The van der Waals surface area contributed by atoms with E-state index in [9.17, 15) is 4.79 Å². The standard InChI is InChI=1S/C16H25NO3/c1-12(2)11-19-8-9-20-16(18)10-13(3)14-4-6-15(17)7-5-14/h4-7,12-13H,8-11,17H2,1-3H3. The van der Waals surface area contributed by atoms with E-state index in [0.717, 1.165) is 11.3 Å². The highest BCUT2D eigenvalue weighted by Gasteiger charge is 2.12. The molecule has 112 valence electrons. The molecule has 0 fully saturated rings. The van der Waals surface area contributed by atoms with E-state index in [0.29, 0.717) is 32.2 Å². The number of hydrogen-bond acceptors (Lipinski definition) is 4. The zero-order valence-electron chi connectivity index (χ0n) is 12.6.